The van der Waals surface area contributed by atoms with Crippen LogP contribution in [0.3, 0.4) is 0 Å². The molecule has 1 saturated heterocycles. The van der Waals surface area contributed by atoms with E-state index in [0.717, 1.165) is 6.42 Å². The van der Waals surface area contributed by atoms with Crippen LogP contribution in [0.1, 0.15) is 13.3 Å². The first kappa shape index (κ1) is 13.3. The van der Waals surface area contributed by atoms with Crippen LogP contribution in [0, 0.1) is 0 Å². The summed E-state index contributed by atoms with van der Waals surface area (Å²) in [7, 11) is -1.88. The van der Waals surface area contributed by atoms with Crippen LogP contribution in [0.2, 0.25) is 0 Å². The van der Waals surface area contributed by atoms with Gasteiger partial charge in [0.1, 0.15) is 0 Å². The highest BCUT2D eigenvalue weighted by Crippen LogP contribution is 2.24. The van der Waals surface area contributed by atoms with Gasteiger partial charge in [0.15, 0.2) is 0 Å². The molecule has 1 aliphatic heterocycles. The Labute approximate surface area is 108 Å². The molecule has 0 aromatic heterocycles. The molecule has 2 unspecified atom stereocenters. The van der Waals surface area contributed by atoms with Crippen LogP contribution in [-0.4, -0.2) is 38.5 Å². The second-order valence-corrected chi connectivity index (χ2v) is 6.52. The maximum Gasteiger partial charge on any atom is 0.243 e. The van der Waals surface area contributed by atoms with Crippen molar-refractivity contribution in [2.45, 2.75) is 30.4 Å². The summed E-state index contributed by atoms with van der Waals surface area (Å²) >= 11 is 0. The van der Waals surface area contributed by atoms with Gasteiger partial charge in [0.2, 0.25) is 10.0 Å². The summed E-state index contributed by atoms with van der Waals surface area (Å²) in [5.74, 6) is 0. The van der Waals surface area contributed by atoms with E-state index in [9.17, 15) is 8.42 Å². The molecule has 1 aromatic carbocycles. The van der Waals surface area contributed by atoms with E-state index in [1.165, 1.54) is 16.4 Å². The number of nitrogens with two attached hydrogens (primary N) is 1. The number of nitrogens with zero attached hydrogens (tertiary/aromatic N) is 1. The van der Waals surface area contributed by atoms with Crippen LogP contribution in [0.4, 0.5) is 5.69 Å². The van der Waals surface area contributed by atoms with E-state index in [2.05, 4.69) is 0 Å². The lowest BCUT2D eigenvalue weighted by molar-refractivity contribution is 0.102. The Morgan fingerprint density at radius 2 is 1.94 bits per heavy atom. The average Bonchev–Trinajstić information content (AvgIpc) is 2.75. The first-order valence-electron chi connectivity index (χ1n) is 5.88. The number of ether oxygens (including phenoxy) is 1. The van der Waals surface area contributed by atoms with Crippen LogP contribution in [0.25, 0.3) is 0 Å². The first-order chi connectivity index (χ1) is 8.43. The number of rotatable bonds is 3. The molecule has 1 aromatic rings. The summed E-state index contributed by atoms with van der Waals surface area (Å²) in [4.78, 5) is 0.262. The molecule has 1 fully saturated rings. The molecular weight excluding hydrogens is 252 g/mol. The number of hydrogen-bond acceptors (Lipinski definition) is 4. The van der Waals surface area contributed by atoms with Gasteiger partial charge in [0.05, 0.1) is 17.0 Å². The molecule has 0 spiro atoms. The summed E-state index contributed by atoms with van der Waals surface area (Å²) in [6, 6.07) is 6.14. The maximum absolute atomic E-state index is 12.4. The second-order valence-electron chi connectivity index (χ2n) is 4.52. The molecule has 5 nitrogen and oxygen atoms in total. The van der Waals surface area contributed by atoms with Crippen LogP contribution in [0.5, 0.6) is 0 Å². The molecule has 2 atom stereocenters. The highest BCUT2D eigenvalue weighted by Gasteiger charge is 2.35. The van der Waals surface area contributed by atoms with E-state index in [1.54, 1.807) is 19.2 Å². The van der Waals surface area contributed by atoms with Crippen LogP contribution in [0.15, 0.2) is 29.2 Å². The van der Waals surface area contributed by atoms with Gasteiger partial charge in [-0.1, -0.05) is 0 Å². The number of hydrogen-bond donors (Lipinski definition) is 1. The molecule has 1 heterocycles. The molecule has 18 heavy (non-hydrogen) atoms. The third-order valence-corrected chi connectivity index (χ3v) is 5.26. The largest absolute Gasteiger partial charge is 0.399 e. The third kappa shape index (κ3) is 2.36. The first-order valence-corrected chi connectivity index (χ1v) is 7.32. The Hall–Kier alpha value is -1.11. The van der Waals surface area contributed by atoms with Gasteiger partial charge in [-0.15, -0.1) is 0 Å². The van der Waals surface area contributed by atoms with Crippen molar-refractivity contribution in [3.63, 3.8) is 0 Å². The lowest BCUT2D eigenvalue weighted by atomic mass is 10.2. The van der Waals surface area contributed by atoms with Gasteiger partial charge < -0.3 is 10.5 Å². The molecular formula is C12H18N2O3S. The SMILES string of the molecule is CC1OCCC1N(C)S(=O)(=O)c1ccc(N)cc1. The summed E-state index contributed by atoms with van der Waals surface area (Å²) in [6.07, 6.45) is 0.657. The van der Waals surface area contributed by atoms with Crippen molar-refractivity contribution < 1.29 is 13.2 Å². The number of anilines is 1. The van der Waals surface area contributed by atoms with Gasteiger partial charge in [-0.2, -0.15) is 4.31 Å². The molecule has 100 valence electrons. The predicted octanol–water partition coefficient (Wildman–Crippen LogP) is 1.07. The Kier molecular flexibility index (Phi) is 3.61. The standard InChI is InChI=1S/C12H18N2O3S/c1-9-12(7-8-17-9)14(2)18(15,16)11-5-3-10(13)4-6-11/h3-6,9,12H,7-8,13H2,1-2H3. The molecule has 0 radical (unpaired) electrons. The second kappa shape index (κ2) is 4.87. The van der Waals surface area contributed by atoms with E-state index >= 15 is 0 Å². The van der Waals surface area contributed by atoms with E-state index in [4.69, 9.17) is 10.5 Å². The zero-order chi connectivity index (χ0) is 13.3. The smallest absolute Gasteiger partial charge is 0.243 e. The monoisotopic (exact) mass is 270 g/mol. The minimum absolute atomic E-state index is 0.0708. The molecule has 2 rings (SSSR count). The van der Waals surface area contributed by atoms with Crippen molar-refractivity contribution in [2.75, 3.05) is 19.4 Å². The summed E-state index contributed by atoms with van der Waals surface area (Å²) < 4.78 is 31.6. The highest BCUT2D eigenvalue weighted by molar-refractivity contribution is 7.89. The highest BCUT2D eigenvalue weighted by atomic mass is 32.2. The molecule has 6 heteroatoms. The molecule has 0 aliphatic carbocycles. The predicted molar refractivity (Wildman–Crippen MR) is 69.6 cm³/mol. The lowest BCUT2D eigenvalue weighted by Crippen LogP contribution is -2.40. The topological polar surface area (TPSA) is 72.6 Å². The normalized spacial score (nSPS) is 24.6. The van der Waals surface area contributed by atoms with E-state index in [1.807, 2.05) is 6.92 Å². The number of sulfonamides is 1. The van der Waals surface area contributed by atoms with Gasteiger partial charge >= 0.3 is 0 Å². The molecule has 1 aliphatic rings. The molecule has 0 amide bonds. The minimum Gasteiger partial charge on any atom is -0.399 e. The maximum atomic E-state index is 12.4. The van der Waals surface area contributed by atoms with Gasteiger partial charge in [0, 0.05) is 19.3 Å². The van der Waals surface area contributed by atoms with Gasteiger partial charge in [-0.05, 0) is 37.6 Å². The summed E-state index contributed by atoms with van der Waals surface area (Å²) in [5, 5.41) is 0. The Balaban J connectivity index is 2.28. The van der Waals surface area contributed by atoms with E-state index in [-0.39, 0.29) is 17.0 Å². The Bertz CT molecular complexity index is 513. The zero-order valence-corrected chi connectivity index (χ0v) is 11.4. The van der Waals surface area contributed by atoms with Crippen molar-refractivity contribution in [3.05, 3.63) is 24.3 Å². The molecule has 0 saturated carbocycles. The fourth-order valence-corrected chi connectivity index (χ4v) is 3.63. The van der Waals surface area contributed by atoms with Crippen LogP contribution < -0.4 is 5.73 Å². The summed E-state index contributed by atoms with van der Waals surface area (Å²) in [5.41, 5.74) is 6.11. The fourth-order valence-electron chi connectivity index (χ4n) is 2.18. The quantitative estimate of drug-likeness (QED) is 0.834. The molecule has 2 N–H and O–H groups in total. The number of benzene rings is 1. The fraction of sp³-hybridized carbons (Fsp3) is 0.500. The van der Waals surface area contributed by atoms with E-state index in [0.29, 0.717) is 12.3 Å². The molecule has 0 bridgehead atoms. The van der Waals surface area contributed by atoms with Crippen molar-refractivity contribution in [1.82, 2.24) is 4.31 Å². The minimum atomic E-state index is -3.47. The Morgan fingerprint density at radius 1 is 1.33 bits per heavy atom. The van der Waals surface area contributed by atoms with Gasteiger partial charge in [-0.25, -0.2) is 8.42 Å². The van der Waals surface area contributed by atoms with E-state index < -0.39 is 10.0 Å². The van der Waals surface area contributed by atoms with Crippen LogP contribution in [-0.2, 0) is 14.8 Å². The van der Waals surface area contributed by atoms with Crippen molar-refractivity contribution in [1.29, 1.82) is 0 Å². The van der Waals surface area contributed by atoms with Gasteiger partial charge in [-0.3, -0.25) is 0 Å². The zero-order valence-electron chi connectivity index (χ0n) is 10.5. The summed E-state index contributed by atoms with van der Waals surface area (Å²) in [6.45, 7) is 2.50. The third-order valence-electron chi connectivity index (χ3n) is 3.36. The van der Waals surface area contributed by atoms with Crippen molar-refractivity contribution >= 4 is 15.7 Å². The van der Waals surface area contributed by atoms with Crippen molar-refractivity contribution in [2.24, 2.45) is 0 Å². The lowest BCUT2D eigenvalue weighted by Gasteiger charge is -2.26. The Morgan fingerprint density at radius 3 is 2.44 bits per heavy atom. The average molecular weight is 270 g/mol. The van der Waals surface area contributed by atoms with Gasteiger partial charge in [0.25, 0.3) is 0 Å². The number of likely N-dealkylation sites (N-methyl/N-ethyl adjacent to an activating group) is 1. The van der Waals surface area contributed by atoms with Crippen molar-refractivity contribution in [3.8, 4) is 0 Å². The number of nitrogen functional groups attached to an aromatic ring is 1. The van der Waals surface area contributed by atoms with Crippen LogP contribution >= 0.6 is 0 Å².